The summed E-state index contributed by atoms with van der Waals surface area (Å²) < 4.78 is 13.0. The van der Waals surface area contributed by atoms with Gasteiger partial charge in [-0.25, -0.2) is 5.43 Å². The van der Waals surface area contributed by atoms with Gasteiger partial charge < -0.3 is 14.0 Å². The quantitative estimate of drug-likeness (QED) is 0.192. The molecule has 8 nitrogen and oxygen atoms in total. The third kappa shape index (κ3) is 6.48. The van der Waals surface area contributed by atoms with Crippen LogP contribution in [-0.2, 0) is 11.3 Å². The molecule has 0 aliphatic carbocycles. The number of carbonyl (C=O) groups excluding carboxylic acids is 1. The lowest BCUT2D eigenvalue weighted by molar-refractivity contribution is -0.118. The molecule has 0 saturated carbocycles. The number of hydrogen-bond donors (Lipinski definition) is 1. The van der Waals surface area contributed by atoms with Crippen LogP contribution in [0.2, 0.25) is 0 Å². The number of thioether (sulfide) groups is 1. The van der Waals surface area contributed by atoms with E-state index in [2.05, 4.69) is 20.7 Å². The van der Waals surface area contributed by atoms with Crippen molar-refractivity contribution in [2.24, 2.45) is 5.10 Å². The van der Waals surface area contributed by atoms with Gasteiger partial charge in [0.15, 0.2) is 11.0 Å². The molecule has 1 amide bonds. The lowest BCUT2D eigenvalue weighted by Gasteiger charge is -2.07. The number of nitrogens with one attached hydrogen (secondary N) is 1. The predicted octanol–water partition coefficient (Wildman–Crippen LogP) is 5.01. The zero-order valence-electron chi connectivity index (χ0n) is 19.4. The van der Waals surface area contributed by atoms with Gasteiger partial charge in [0.1, 0.15) is 17.2 Å². The highest BCUT2D eigenvalue weighted by atomic mass is 32.2. The van der Waals surface area contributed by atoms with E-state index >= 15 is 0 Å². The molecule has 0 spiro atoms. The van der Waals surface area contributed by atoms with Crippen LogP contribution in [0.5, 0.6) is 17.2 Å². The van der Waals surface area contributed by atoms with Crippen LogP contribution < -0.4 is 14.9 Å². The van der Waals surface area contributed by atoms with Gasteiger partial charge in [-0.2, -0.15) is 5.10 Å². The number of methoxy groups -OCH3 is 1. The number of rotatable bonds is 10. The second-order valence-corrected chi connectivity index (χ2v) is 8.29. The Balaban J connectivity index is 1.32. The highest BCUT2D eigenvalue weighted by Gasteiger charge is 2.14. The van der Waals surface area contributed by atoms with Gasteiger partial charge in [-0.15, -0.1) is 10.2 Å². The summed E-state index contributed by atoms with van der Waals surface area (Å²) in [5.74, 6) is 2.89. The van der Waals surface area contributed by atoms with Gasteiger partial charge >= 0.3 is 0 Å². The zero-order chi connectivity index (χ0) is 24.5. The second kappa shape index (κ2) is 11.8. The molecule has 0 saturated heterocycles. The molecule has 0 aliphatic heterocycles. The molecule has 178 valence electrons. The molecule has 1 N–H and O–H groups in total. The molecule has 0 unspecified atom stereocenters. The van der Waals surface area contributed by atoms with Crippen LogP contribution in [0.1, 0.15) is 12.5 Å². The normalized spacial score (nSPS) is 10.9. The van der Waals surface area contributed by atoms with Crippen molar-refractivity contribution in [1.29, 1.82) is 0 Å². The topological polar surface area (TPSA) is 90.6 Å². The first-order valence-corrected chi connectivity index (χ1v) is 12.0. The number of para-hydroxylation sites is 1. The van der Waals surface area contributed by atoms with Crippen LogP contribution >= 0.6 is 11.8 Å². The molecule has 0 bridgehead atoms. The van der Waals surface area contributed by atoms with E-state index in [-0.39, 0.29) is 11.7 Å². The highest BCUT2D eigenvalue weighted by molar-refractivity contribution is 7.99. The molecular weight excluding hydrogens is 462 g/mol. The van der Waals surface area contributed by atoms with E-state index in [1.807, 2.05) is 90.4 Å². The second-order valence-electron chi connectivity index (χ2n) is 7.35. The monoisotopic (exact) mass is 487 g/mol. The van der Waals surface area contributed by atoms with Crippen molar-refractivity contribution in [2.75, 3.05) is 12.9 Å². The molecule has 0 fully saturated rings. The Morgan fingerprint density at radius 2 is 1.77 bits per heavy atom. The predicted molar refractivity (Wildman–Crippen MR) is 137 cm³/mol. The summed E-state index contributed by atoms with van der Waals surface area (Å²) in [6.45, 7) is 2.69. The fourth-order valence-electron chi connectivity index (χ4n) is 3.26. The summed E-state index contributed by atoms with van der Waals surface area (Å²) >= 11 is 1.31. The van der Waals surface area contributed by atoms with Crippen molar-refractivity contribution in [3.63, 3.8) is 0 Å². The maximum absolute atomic E-state index is 12.3. The van der Waals surface area contributed by atoms with Gasteiger partial charge in [0.05, 0.1) is 19.1 Å². The number of amides is 1. The maximum Gasteiger partial charge on any atom is 0.250 e. The summed E-state index contributed by atoms with van der Waals surface area (Å²) in [4.78, 5) is 12.3. The zero-order valence-corrected chi connectivity index (χ0v) is 20.2. The number of aromatic nitrogens is 3. The lowest BCUT2D eigenvalue weighted by atomic mass is 10.2. The molecule has 0 aliphatic rings. The summed E-state index contributed by atoms with van der Waals surface area (Å²) in [6.07, 6.45) is 1.58. The van der Waals surface area contributed by atoms with Crippen molar-refractivity contribution in [3.05, 3.63) is 84.4 Å². The van der Waals surface area contributed by atoms with E-state index in [1.54, 1.807) is 13.3 Å². The molecule has 1 heterocycles. The Morgan fingerprint density at radius 1 is 1.00 bits per heavy atom. The van der Waals surface area contributed by atoms with Crippen LogP contribution in [0.4, 0.5) is 0 Å². The molecule has 1 aromatic heterocycles. The van der Waals surface area contributed by atoms with E-state index < -0.39 is 0 Å². The Kier molecular flexibility index (Phi) is 8.13. The Hall–Kier alpha value is -4.11. The average Bonchev–Trinajstić information content (AvgIpc) is 3.31. The smallest absolute Gasteiger partial charge is 0.250 e. The van der Waals surface area contributed by atoms with Crippen molar-refractivity contribution >= 4 is 23.9 Å². The third-order valence-electron chi connectivity index (χ3n) is 4.95. The van der Waals surface area contributed by atoms with Gasteiger partial charge in [0, 0.05) is 12.1 Å². The maximum atomic E-state index is 12.3. The SMILES string of the molecule is CCn1c(SCC(=O)N/N=C/c2cccc(Oc3ccccc3)c2)nnc1-c1ccc(OC)cc1. The number of carbonyl (C=O) groups is 1. The summed E-state index contributed by atoms with van der Waals surface area (Å²) in [6, 6.07) is 24.6. The first kappa shape index (κ1) is 24.0. The first-order chi connectivity index (χ1) is 17.2. The molecule has 0 atom stereocenters. The highest BCUT2D eigenvalue weighted by Crippen LogP contribution is 2.25. The molecule has 3 aromatic carbocycles. The van der Waals surface area contributed by atoms with Gasteiger partial charge in [-0.3, -0.25) is 4.79 Å². The lowest BCUT2D eigenvalue weighted by Crippen LogP contribution is -2.20. The van der Waals surface area contributed by atoms with Crippen molar-refractivity contribution < 1.29 is 14.3 Å². The van der Waals surface area contributed by atoms with E-state index in [1.165, 1.54) is 11.8 Å². The number of hydrazone groups is 1. The van der Waals surface area contributed by atoms with Crippen LogP contribution in [0, 0.1) is 0 Å². The fourth-order valence-corrected chi connectivity index (χ4v) is 4.05. The number of benzene rings is 3. The average molecular weight is 488 g/mol. The van der Waals surface area contributed by atoms with Gasteiger partial charge in [-0.1, -0.05) is 42.1 Å². The molecule has 4 rings (SSSR count). The molecule has 9 heteroatoms. The van der Waals surface area contributed by atoms with Gasteiger partial charge in [0.2, 0.25) is 0 Å². The Labute approximate surface area is 208 Å². The number of ether oxygens (including phenoxy) is 2. The fraction of sp³-hybridized carbons (Fsp3) is 0.154. The summed E-state index contributed by atoms with van der Waals surface area (Å²) in [5.41, 5.74) is 4.29. The van der Waals surface area contributed by atoms with Crippen LogP contribution in [0.3, 0.4) is 0 Å². The first-order valence-electron chi connectivity index (χ1n) is 11.0. The van der Waals surface area contributed by atoms with Gasteiger partial charge in [-0.05, 0) is 61.0 Å². The molecular formula is C26H25N5O3S. The standard InChI is InChI=1S/C26H25N5O3S/c1-3-31-25(20-12-14-21(33-2)15-13-20)29-30-26(31)35-18-24(32)28-27-17-19-8-7-11-23(16-19)34-22-9-5-4-6-10-22/h4-17H,3,18H2,1-2H3,(H,28,32)/b27-17+. The van der Waals surface area contributed by atoms with Crippen LogP contribution in [0.15, 0.2) is 89.1 Å². The number of nitrogens with zero attached hydrogens (tertiary/aromatic N) is 4. The Morgan fingerprint density at radius 3 is 2.51 bits per heavy atom. The Bertz CT molecular complexity index is 1290. The van der Waals surface area contributed by atoms with E-state index in [4.69, 9.17) is 9.47 Å². The minimum Gasteiger partial charge on any atom is -0.497 e. The van der Waals surface area contributed by atoms with Crippen LogP contribution in [0.25, 0.3) is 11.4 Å². The largest absolute Gasteiger partial charge is 0.497 e. The molecule has 35 heavy (non-hydrogen) atoms. The minimum atomic E-state index is -0.236. The van der Waals surface area contributed by atoms with Gasteiger partial charge in [0.25, 0.3) is 5.91 Å². The van der Waals surface area contributed by atoms with Crippen molar-refractivity contribution in [1.82, 2.24) is 20.2 Å². The van der Waals surface area contributed by atoms with Crippen molar-refractivity contribution in [3.8, 4) is 28.6 Å². The minimum absolute atomic E-state index is 0.162. The van der Waals surface area contributed by atoms with E-state index in [0.717, 1.165) is 28.5 Å². The van der Waals surface area contributed by atoms with E-state index in [0.29, 0.717) is 17.5 Å². The number of hydrogen-bond acceptors (Lipinski definition) is 7. The molecule has 4 aromatic rings. The third-order valence-corrected chi connectivity index (χ3v) is 5.92. The van der Waals surface area contributed by atoms with E-state index in [9.17, 15) is 4.79 Å². The molecule has 0 radical (unpaired) electrons. The summed E-state index contributed by atoms with van der Waals surface area (Å²) in [7, 11) is 1.63. The van der Waals surface area contributed by atoms with Crippen LogP contribution in [-0.4, -0.2) is 39.7 Å². The summed E-state index contributed by atoms with van der Waals surface area (Å²) in [5, 5.41) is 13.3. The van der Waals surface area contributed by atoms with Crippen molar-refractivity contribution in [2.45, 2.75) is 18.6 Å².